The molecule has 1 unspecified atom stereocenters. The molecule has 0 saturated carbocycles. The van der Waals surface area contributed by atoms with Gasteiger partial charge in [0.15, 0.2) is 0 Å². The first-order valence-electron chi connectivity index (χ1n) is 6.48. The van der Waals surface area contributed by atoms with Crippen LogP contribution in [-0.4, -0.2) is 18.8 Å². The third-order valence-electron chi connectivity index (χ3n) is 3.08. The highest BCUT2D eigenvalue weighted by molar-refractivity contribution is 9.10. The number of nitrogens with one attached hydrogen (secondary N) is 1. The van der Waals surface area contributed by atoms with Gasteiger partial charge in [0.25, 0.3) is 0 Å². The molecular weight excluding hydrogens is 354 g/mol. The second kappa shape index (κ2) is 8.08. The van der Waals surface area contributed by atoms with Gasteiger partial charge in [-0.3, -0.25) is 0 Å². The molecule has 0 saturated heterocycles. The van der Waals surface area contributed by atoms with Gasteiger partial charge in [-0.15, -0.1) is 11.8 Å². The van der Waals surface area contributed by atoms with Crippen LogP contribution in [0.4, 0.5) is 0 Å². The number of benzene rings is 2. The summed E-state index contributed by atoms with van der Waals surface area (Å²) in [6.07, 6.45) is 0.942. The molecule has 0 aliphatic heterocycles. The van der Waals surface area contributed by atoms with Crippen molar-refractivity contribution in [1.29, 1.82) is 0 Å². The Kier molecular flexibility index (Phi) is 6.43. The first-order chi connectivity index (χ1) is 9.69. The van der Waals surface area contributed by atoms with Crippen LogP contribution in [0.3, 0.4) is 0 Å². The van der Waals surface area contributed by atoms with E-state index >= 15 is 0 Å². The van der Waals surface area contributed by atoms with Gasteiger partial charge in [0.2, 0.25) is 0 Å². The smallest absolute Gasteiger partial charge is 0.0438 e. The summed E-state index contributed by atoms with van der Waals surface area (Å²) in [5, 5.41) is 4.22. The summed E-state index contributed by atoms with van der Waals surface area (Å²) >= 11 is 11.6. The maximum atomic E-state index is 6.22. The second-order valence-corrected chi connectivity index (χ2v) is 6.97. The average molecular weight is 371 g/mol. The zero-order valence-corrected chi connectivity index (χ0v) is 14.4. The van der Waals surface area contributed by atoms with E-state index in [2.05, 4.69) is 45.5 Å². The van der Waals surface area contributed by atoms with E-state index in [1.165, 1.54) is 10.5 Å². The van der Waals surface area contributed by atoms with Crippen molar-refractivity contribution in [2.45, 2.75) is 17.4 Å². The van der Waals surface area contributed by atoms with Crippen molar-refractivity contribution in [2.24, 2.45) is 0 Å². The fourth-order valence-electron chi connectivity index (χ4n) is 1.93. The number of rotatable bonds is 6. The molecule has 0 fully saturated rings. The standard InChI is InChI=1S/C16H17BrClNS/c1-19-14(9-12-5-2-3-8-16(12)18)11-20-15-7-4-6-13(17)10-15/h2-8,10,14,19H,9,11H2,1H3. The zero-order valence-electron chi connectivity index (χ0n) is 11.3. The number of thioether (sulfide) groups is 1. The van der Waals surface area contributed by atoms with Crippen LogP contribution in [-0.2, 0) is 6.42 Å². The van der Waals surface area contributed by atoms with E-state index in [-0.39, 0.29) is 0 Å². The average Bonchev–Trinajstić information content (AvgIpc) is 2.45. The Bertz CT molecular complexity index is 562. The lowest BCUT2D eigenvalue weighted by Crippen LogP contribution is -2.30. The van der Waals surface area contributed by atoms with Crippen LogP contribution in [0, 0.1) is 0 Å². The van der Waals surface area contributed by atoms with Gasteiger partial charge in [-0.1, -0.05) is 51.8 Å². The quantitative estimate of drug-likeness (QED) is 0.716. The highest BCUT2D eigenvalue weighted by atomic mass is 79.9. The summed E-state index contributed by atoms with van der Waals surface area (Å²) in [5.41, 5.74) is 1.20. The maximum absolute atomic E-state index is 6.22. The number of likely N-dealkylation sites (N-methyl/N-ethyl adjacent to an activating group) is 1. The van der Waals surface area contributed by atoms with Crippen molar-refractivity contribution < 1.29 is 0 Å². The number of hydrogen-bond donors (Lipinski definition) is 1. The van der Waals surface area contributed by atoms with E-state index in [1.807, 2.05) is 43.1 Å². The number of halogens is 2. The molecule has 2 aromatic carbocycles. The molecule has 1 atom stereocenters. The molecule has 0 spiro atoms. The minimum atomic E-state index is 0.402. The fraction of sp³-hybridized carbons (Fsp3) is 0.250. The summed E-state index contributed by atoms with van der Waals surface area (Å²) in [6.45, 7) is 0. The van der Waals surface area contributed by atoms with Gasteiger partial charge in [-0.2, -0.15) is 0 Å². The van der Waals surface area contributed by atoms with E-state index in [4.69, 9.17) is 11.6 Å². The normalized spacial score (nSPS) is 12.3. The minimum absolute atomic E-state index is 0.402. The summed E-state index contributed by atoms with van der Waals surface area (Å²) < 4.78 is 1.12. The molecule has 106 valence electrons. The van der Waals surface area contributed by atoms with Crippen LogP contribution in [0.5, 0.6) is 0 Å². The van der Waals surface area contributed by atoms with Gasteiger partial charge in [0.1, 0.15) is 0 Å². The van der Waals surface area contributed by atoms with Gasteiger partial charge in [-0.05, 0) is 43.3 Å². The van der Waals surface area contributed by atoms with Crippen molar-refractivity contribution in [3.05, 3.63) is 63.6 Å². The van der Waals surface area contributed by atoms with E-state index in [1.54, 1.807) is 0 Å². The molecule has 0 aliphatic carbocycles. The van der Waals surface area contributed by atoms with Gasteiger partial charge < -0.3 is 5.32 Å². The molecule has 0 aromatic heterocycles. The van der Waals surface area contributed by atoms with E-state index in [0.717, 1.165) is 21.7 Å². The van der Waals surface area contributed by atoms with Crippen molar-refractivity contribution in [2.75, 3.05) is 12.8 Å². The van der Waals surface area contributed by atoms with Gasteiger partial charge in [-0.25, -0.2) is 0 Å². The molecule has 4 heteroatoms. The highest BCUT2D eigenvalue weighted by Gasteiger charge is 2.10. The van der Waals surface area contributed by atoms with E-state index in [9.17, 15) is 0 Å². The second-order valence-electron chi connectivity index (χ2n) is 4.55. The summed E-state index contributed by atoms with van der Waals surface area (Å²) in [5.74, 6) is 1.01. The molecule has 1 N–H and O–H groups in total. The lowest BCUT2D eigenvalue weighted by Gasteiger charge is -2.16. The first-order valence-corrected chi connectivity index (χ1v) is 8.63. The van der Waals surface area contributed by atoms with Crippen LogP contribution in [0.1, 0.15) is 5.56 Å². The van der Waals surface area contributed by atoms with Gasteiger partial charge in [0, 0.05) is 26.2 Å². The molecule has 0 bridgehead atoms. The SMILES string of the molecule is CNC(CSc1cccc(Br)c1)Cc1ccccc1Cl. The fourth-order valence-corrected chi connectivity index (χ4v) is 3.75. The molecule has 20 heavy (non-hydrogen) atoms. The van der Waals surface area contributed by atoms with E-state index in [0.29, 0.717) is 6.04 Å². The Hall–Kier alpha value is -0.480. The van der Waals surface area contributed by atoms with Crippen LogP contribution >= 0.6 is 39.3 Å². The third-order valence-corrected chi connectivity index (χ3v) is 5.10. The molecule has 2 rings (SSSR count). The summed E-state index contributed by atoms with van der Waals surface area (Å²) in [6, 6.07) is 16.8. The molecule has 0 aliphatic rings. The predicted molar refractivity (Wildman–Crippen MR) is 92.9 cm³/mol. The highest BCUT2D eigenvalue weighted by Crippen LogP contribution is 2.24. The lowest BCUT2D eigenvalue weighted by molar-refractivity contribution is 0.617. The first kappa shape index (κ1) is 15.9. The Morgan fingerprint density at radius 1 is 1.20 bits per heavy atom. The molecule has 0 amide bonds. The topological polar surface area (TPSA) is 12.0 Å². The van der Waals surface area contributed by atoms with Crippen LogP contribution < -0.4 is 5.32 Å². The summed E-state index contributed by atoms with van der Waals surface area (Å²) in [7, 11) is 2.00. The molecule has 0 heterocycles. The molecule has 0 radical (unpaired) electrons. The Balaban J connectivity index is 1.94. The number of hydrogen-bond acceptors (Lipinski definition) is 2. The van der Waals surface area contributed by atoms with Crippen LogP contribution in [0.25, 0.3) is 0 Å². The summed E-state index contributed by atoms with van der Waals surface area (Å²) in [4.78, 5) is 1.28. The van der Waals surface area contributed by atoms with Crippen molar-refractivity contribution in [1.82, 2.24) is 5.32 Å². The van der Waals surface area contributed by atoms with Crippen LogP contribution in [0.15, 0.2) is 57.9 Å². The van der Waals surface area contributed by atoms with Crippen molar-refractivity contribution >= 4 is 39.3 Å². The van der Waals surface area contributed by atoms with Crippen molar-refractivity contribution in [3.8, 4) is 0 Å². The third kappa shape index (κ3) is 4.81. The van der Waals surface area contributed by atoms with Crippen LogP contribution in [0.2, 0.25) is 5.02 Å². The molecule has 2 aromatic rings. The minimum Gasteiger partial charge on any atom is -0.316 e. The predicted octanol–water partition coefficient (Wildman–Crippen LogP) is 5.03. The Morgan fingerprint density at radius 2 is 2.00 bits per heavy atom. The van der Waals surface area contributed by atoms with E-state index < -0.39 is 0 Å². The molecule has 1 nitrogen and oxygen atoms in total. The monoisotopic (exact) mass is 369 g/mol. The Labute approximate surface area is 138 Å². The Morgan fingerprint density at radius 3 is 2.70 bits per heavy atom. The molecular formula is C16H17BrClNS. The van der Waals surface area contributed by atoms with Gasteiger partial charge >= 0.3 is 0 Å². The zero-order chi connectivity index (χ0) is 14.4. The maximum Gasteiger partial charge on any atom is 0.0438 e. The van der Waals surface area contributed by atoms with Crippen molar-refractivity contribution in [3.63, 3.8) is 0 Å². The lowest BCUT2D eigenvalue weighted by atomic mass is 10.1. The largest absolute Gasteiger partial charge is 0.316 e. The van der Waals surface area contributed by atoms with Gasteiger partial charge in [0.05, 0.1) is 0 Å².